The summed E-state index contributed by atoms with van der Waals surface area (Å²) in [6, 6.07) is 19.9. The number of ketones is 3. The SMILES string of the molecule is CCCCc1nc(Cl)c(CO)n1Cc1ccc(-c2ccccc2-c2nn[nH]n2)cc1.COc1cccc2c1C(=O)c1c(O)c3c(c(O)c1C2=O)C[C@@](O)(C(=O)CO)C[C@@H]3O[C@H]1C[C@H](N)[C@H](O)[C@H](C)O1. The Morgan fingerprint density at radius 3 is 2.35 bits per heavy atom. The minimum Gasteiger partial charge on any atom is -0.507 e. The Morgan fingerprint density at radius 2 is 1.70 bits per heavy atom. The minimum atomic E-state index is -2.24. The number of phenols is 2. The van der Waals surface area contributed by atoms with E-state index in [1.807, 2.05) is 28.8 Å². The fourth-order valence-corrected chi connectivity index (χ4v) is 9.56. The predicted octanol–water partition coefficient (Wildman–Crippen LogP) is 4.27. The van der Waals surface area contributed by atoms with Gasteiger partial charge in [0.1, 0.15) is 35.3 Å². The van der Waals surface area contributed by atoms with Crippen LogP contribution in [0.1, 0.15) is 106 Å². The molecule has 1 saturated heterocycles. The van der Waals surface area contributed by atoms with Crippen molar-refractivity contribution >= 4 is 29.0 Å². The largest absolute Gasteiger partial charge is 0.507 e. The average Bonchev–Trinajstić information content (AvgIpc) is 4.00. The first-order valence-corrected chi connectivity index (χ1v) is 22.8. The number of tetrazole rings is 1. The number of nitrogens with one attached hydrogen (secondary N) is 1. The monoisotopic (exact) mass is 965 g/mol. The molecule has 2 aliphatic carbocycles. The van der Waals surface area contributed by atoms with Gasteiger partial charge >= 0.3 is 0 Å². The van der Waals surface area contributed by atoms with E-state index in [-0.39, 0.29) is 41.0 Å². The lowest BCUT2D eigenvalue weighted by molar-refractivity contribution is -0.247. The molecule has 3 heterocycles. The summed E-state index contributed by atoms with van der Waals surface area (Å²) in [6.07, 6.45) is -2.17. The third-order valence-electron chi connectivity index (χ3n) is 12.9. The number of carbonyl (C=O) groups excluding carboxylic acids is 3. The van der Waals surface area contributed by atoms with Crippen LogP contribution in [0.3, 0.4) is 0 Å². The number of aliphatic hydroxyl groups is 4. The van der Waals surface area contributed by atoms with Crippen LogP contribution in [0.5, 0.6) is 17.2 Å². The molecule has 3 aliphatic rings. The fourth-order valence-electron chi connectivity index (χ4n) is 9.30. The van der Waals surface area contributed by atoms with Gasteiger partial charge in [-0.25, -0.2) is 4.98 Å². The van der Waals surface area contributed by atoms with Gasteiger partial charge in [-0.2, -0.15) is 5.21 Å². The molecule has 0 radical (unpaired) electrons. The van der Waals surface area contributed by atoms with Gasteiger partial charge in [-0.1, -0.05) is 85.6 Å². The second kappa shape index (κ2) is 20.3. The Morgan fingerprint density at radius 1 is 0.986 bits per heavy atom. The van der Waals surface area contributed by atoms with Crippen molar-refractivity contribution in [2.75, 3.05) is 13.7 Å². The van der Waals surface area contributed by atoms with Gasteiger partial charge < -0.3 is 55.2 Å². The van der Waals surface area contributed by atoms with Crippen molar-refractivity contribution in [1.82, 2.24) is 30.2 Å². The summed E-state index contributed by atoms with van der Waals surface area (Å²) >= 11 is 6.26. The second-order valence-corrected chi connectivity index (χ2v) is 17.6. The van der Waals surface area contributed by atoms with E-state index in [1.54, 1.807) is 6.92 Å². The maximum Gasteiger partial charge on any atom is 0.205 e. The van der Waals surface area contributed by atoms with Gasteiger partial charge in [0, 0.05) is 60.5 Å². The molecule has 19 nitrogen and oxygen atoms in total. The zero-order valence-corrected chi connectivity index (χ0v) is 38.7. The summed E-state index contributed by atoms with van der Waals surface area (Å²) in [5, 5.41) is 78.2. The molecule has 9 N–H and O–H groups in total. The number of hydrogen-bond acceptors (Lipinski definition) is 17. The molecule has 6 aromatic rings. The Kier molecular flexibility index (Phi) is 14.4. The van der Waals surface area contributed by atoms with Gasteiger partial charge in [0.2, 0.25) is 11.6 Å². The average molecular weight is 966 g/mol. The molecule has 9 rings (SSSR count). The van der Waals surface area contributed by atoms with E-state index in [0.29, 0.717) is 23.2 Å². The number of carbonyl (C=O) groups is 3. The van der Waals surface area contributed by atoms with Crippen molar-refractivity contribution in [3.8, 4) is 39.8 Å². The number of aromatic amines is 1. The molecule has 362 valence electrons. The van der Waals surface area contributed by atoms with Gasteiger partial charge in [0.15, 0.2) is 23.0 Å². The third-order valence-corrected chi connectivity index (χ3v) is 13.2. The maximum atomic E-state index is 13.6. The van der Waals surface area contributed by atoms with E-state index in [1.165, 1.54) is 25.3 Å². The highest BCUT2D eigenvalue weighted by molar-refractivity contribution is 6.31. The molecule has 0 unspecified atom stereocenters. The number of aliphatic hydroxyl groups excluding tert-OH is 3. The van der Waals surface area contributed by atoms with Crippen molar-refractivity contribution in [1.29, 1.82) is 0 Å². The number of halogens is 1. The Hall–Kier alpha value is -6.42. The number of ether oxygens (including phenoxy) is 3. The van der Waals surface area contributed by atoms with Crippen LogP contribution in [0, 0.1) is 0 Å². The van der Waals surface area contributed by atoms with Crippen LogP contribution in [-0.2, 0) is 40.3 Å². The molecule has 0 spiro atoms. The molecular weight excluding hydrogens is 914 g/mol. The highest BCUT2D eigenvalue weighted by atomic mass is 35.5. The predicted molar refractivity (Wildman–Crippen MR) is 248 cm³/mol. The van der Waals surface area contributed by atoms with E-state index in [9.17, 15) is 45.0 Å². The number of fused-ring (bicyclic) bond motifs is 3. The molecule has 0 saturated carbocycles. The van der Waals surface area contributed by atoms with Gasteiger partial charge in [0.25, 0.3) is 0 Å². The highest BCUT2D eigenvalue weighted by Gasteiger charge is 2.50. The third kappa shape index (κ3) is 9.27. The molecule has 2 aromatic heterocycles. The molecule has 1 fully saturated rings. The zero-order valence-electron chi connectivity index (χ0n) is 37.9. The van der Waals surface area contributed by atoms with E-state index in [4.69, 9.17) is 31.5 Å². The van der Waals surface area contributed by atoms with Crippen molar-refractivity contribution in [3.63, 3.8) is 0 Å². The topological polar surface area (TPSA) is 299 Å². The Balaban J connectivity index is 0.000000192. The van der Waals surface area contributed by atoms with Crippen LogP contribution in [0.2, 0.25) is 5.15 Å². The molecule has 4 aromatic carbocycles. The number of hydrogen-bond donors (Lipinski definition) is 8. The summed E-state index contributed by atoms with van der Waals surface area (Å²) in [7, 11) is 1.32. The number of aromatic nitrogens is 6. The molecular formula is C49H52ClN7O12. The number of nitrogens with two attached hydrogens (primary N) is 1. The lowest BCUT2D eigenvalue weighted by Crippen LogP contribution is -2.53. The number of imidazole rings is 1. The van der Waals surface area contributed by atoms with Gasteiger partial charge in [-0.05, 0) is 41.3 Å². The minimum absolute atomic E-state index is 0.0173. The number of benzene rings is 4. The van der Waals surface area contributed by atoms with E-state index < -0.39 is 95.7 Å². The number of rotatable bonds is 13. The van der Waals surface area contributed by atoms with Gasteiger partial charge in [0.05, 0.1) is 54.4 Å². The van der Waals surface area contributed by atoms with Crippen molar-refractivity contribution < 1.29 is 59.2 Å². The highest BCUT2D eigenvalue weighted by Crippen LogP contribution is 2.52. The number of H-pyrrole nitrogens is 1. The van der Waals surface area contributed by atoms with Crippen molar-refractivity contribution in [2.45, 2.75) is 102 Å². The van der Waals surface area contributed by atoms with Crippen LogP contribution in [0.4, 0.5) is 0 Å². The number of aryl methyl sites for hydroxylation is 1. The second-order valence-electron chi connectivity index (χ2n) is 17.3. The normalized spacial score (nSPS) is 21.7. The summed E-state index contributed by atoms with van der Waals surface area (Å²) in [5.74, 6) is -2.29. The maximum absolute atomic E-state index is 13.6. The van der Waals surface area contributed by atoms with Crippen LogP contribution >= 0.6 is 11.6 Å². The van der Waals surface area contributed by atoms with Crippen LogP contribution in [0.15, 0.2) is 66.7 Å². The fraction of sp³-hybridized carbons (Fsp3) is 0.367. The van der Waals surface area contributed by atoms with Crippen molar-refractivity contribution in [2.24, 2.45) is 5.73 Å². The first-order valence-electron chi connectivity index (χ1n) is 22.4. The first-order chi connectivity index (χ1) is 33.1. The molecule has 0 bridgehead atoms. The smallest absolute Gasteiger partial charge is 0.205 e. The molecule has 1 aliphatic heterocycles. The van der Waals surface area contributed by atoms with Crippen LogP contribution in [0.25, 0.3) is 22.5 Å². The number of unbranched alkanes of at least 4 members (excludes halogenated alkanes) is 1. The standard InChI is InChI=1S/C27H29NO11.C22H23ClN6O/c1-10-22(31)13(28)6-17(38-10)39-15-8-27(36,16(30)9-29)7-12-19(15)26(35)21-20(24(12)33)23(32)11-4-3-5-14(37-2)18(11)25(21)34;1-2-3-8-20-24-21(23)19(14-30)29(20)13-15-9-11-16(12-10-15)17-6-4-5-7-18(17)22-25-27-28-26-22/h3-5,10,13,15,17,22,29,31,33,35-36H,6-9,28H2,1-2H3;4-7,9-12,30H,2-3,8,13-14H2,1H3,(H,25,26,27,28)/t10-,13-,15-,17-,22+,27-;/m0./s1. The number of aromatic hydroxyl groups is 2. The summed E-state index contributed by atoms with van der Waals surface area (Å²) < 4.78 is 19.0. The first kappa shape index (κ1) is 49.0. The number of phenolic OH excluding ortho intramolecular Hbond substituents is 2. The molecule has 6 atom stereocenters. The van der Waals surface area contributed by atoms with Crippen LogP contribution in [-0.4, -0.2) is 122 Å². The number of nitrogens with zero attached hydrogens (tertiary/aromatic N) is 5. The molecule has 20 heteroatoms. The lowest BCUT2D eigenvalue weighted by atomic mass is 9.72. The van der Waals surface area contributed by atoms with E-state index >= 15 is 0 Å². The van der Waals surface area contributed by atoms with Crippen molar-refractivity contribution in [3.05, 3.63) is 122 Å². The van der Waals surface area contributed by atoms with Gasteiger partial charge in [-0.15, -0.1) is 10.2 Å². The van der Waals surface area contributed by atoms with Gasteiger partial charge in [-0.3, -0.25) is 14.4 Å². The lowest BCUT2D eigenvalue weighted by Gasteiger charge is -2.42. The Bertz CT molecular complexity index is 2880. The molecule has 0 amide bonds. The summed E-state index contributed by atoms with van der Waals surface area (Å²) in [4.78, 5) is 44.2. The van der Waals surface area contributed by atoms with E-state index in [0.717, 1.165) is 47.3 Å². The Labute approximate surface area is 400 Å². The zero-order chi connectivity index (χ0) is 49.3. The summed E-state index contributed by atoms with van der Waals surface area (Å²) in [5.41, 5.74) is 7.17. The van der Waals surface area contributed by atoms with Crippen LogP contribution < -0.4 is 10.5 Å². The summed E-state index contributed by atoms with van der Waals surface area (Å²) in [6.45, 7) is 3.19. The number of methoxy groups -OCH3 is 1. The quantitative estimate of drug-likeness (QED) is 0.0749. The molecule has 69 heavy (non-hydrogen) atoms. The number of Topliss-reactive ketones (excluding diaryl/α,β-unsaturated/α-hetero) is 1. The van der Waals surface area contributed by atoms with E-state index in [2.05, 4.69) is 56.8 Å².